The van der Waals surface area contributed by atoms with Crippen molar-refractivity contribution in [2.24, 2.45) is 0 Å². The molecule has 102 valence electrons. The van der Waals surface area contributed by atoms with Gasteiger partial charge in [-0.3, -0.25) is 9.59 Å². The van der Waals surface area contributed by atoms with E-state index >= 15 is 0 Å². The fraction of sp³-hybridized carbons (Fsp3) is 0.385. The summed E-state index contributed by atoms with van der Waals surface area (Å²) in [5, 5.41) is 11.3. The minimum absolute atomic E-state index is 0.00554. The maximum atomic E-state index is 11.9. The molecule has 1 aliphatic rings. The molecule has 0 saturated carbocycles. The third-order valence-electron chi connectivity index (χ3n) is 2.67. The van der Waals surface area contributed by atoms with Gasteiger partial charge in [0.05, 0.1) is 13.0 Å². The molecule has 0 radical (unpaired) electrons. The molecular weight excluding hydrogens is 250 g/mol. The highest BCUT2D eigenvalue weighted by Crippen LogP contribution is 2.30. The molecule has 0 unspecified atom stereocenters. The summed E-state index contributed by atoms with van der Waals surface area (Å²) in [5.41, 5.74) is 0.520. The van der Waals surface area contributed by atoms with Crippen LogP contribution in [-0.2, 0) is 4.79 Å². The first kappa shape index (κ1) is 13.4. The Morgan fingerprint density at radius 1 is 1.21 bits per heavy atom. The fourth-order valence-electron chi connectivity index (χ4n) is 1.72. The van der Waals surface area contributed by atoms with Gasteiger partial charge >= 0.3 is 5.97 Å². The van der Waals surface area contributed by atoms with E-state index in [-0.39, 0.29) is 25.3 Å². The highest BCUT2D eigenvalue weighted by molar-refractivity contribution is 5.98. The second-order valence-corrected chi connectivity index (χ2v) is 4.10. The minimum Gasteiger partial charge on any atom is -0.486 e. The Bertz CT molecular complexity index is 486. The van der Waals surface area contributed by atoms with Crippen molar-refractivity contribution in [3.05, 3.63) is 23.8 Å². The number of carboxylic acids is 1. The Balaban J connectivity index is 1.90. The zero-order chi connectivity index (χ0) is 13.7. The van der Waals surface area contributed by atoms with Crippen LogP contribution in [0.1, 0.15) is 16.8 Å². The molecule has 6 heteroatoms. The summed E-state index contributed by atoms with van der Waals surface area (Å²) in [6, 6.07) is 5.03. The number of aliphatic carboxylic acids is 1. The van der Waals surface area contributed by atoms with E-state index < -0.39 is 5.97 Å². The van der Waals surface area contributed by atoms with Crippen molar-refractivity contribution in [3.63, 3.8) is 0 Å². The van der Waals surface area contributed by atoms with Crippen molar-refractivity contribution in [2.45, 2.75) is 6.42 Å². The Labute approximate surface area is 110 Å². The molecule has 0 amide bonds. The van der Waals surface area contributed by atoms with Crippen molar-refractivity contribution in [1.82, 2.24) is 5.32 Å². The average Bonchev–Trinajstić information content (AvgIpc) is 2.42. The SMILES string of the molecule is O=C(O)CCNCC(=O)c1ccc2c(c1)OCCO2. The van der Waals surface area contributed by atoms with Gasteiger partial charge in [-0.2, -0.15) is 0 Å². The monoisotopic (exact) mass is 265 g/mol. The van der Waals surface area contributed by atoms with Crippen LogP contribution in [0.5, 0.6) is 11.5 Å². The van der Waals surface area contributed by atoms with Crippen LogP contribution in [0.25, 0.3) is 0 Å². The van der Waals surface area contributed by atoms with Gasteiger partial charge in [-0.1, -0.05) is 0 Å². The van der Waals surface area contributed by atoms with Gasteiger partial charge in [-0.05, 0) is 18.2 Å². The Morgan fingerprint density at radius 2 is 1.95 bits per heavy atom. The van der Waals surface area contributed by atoms with E-state index in [0.717, 1.165) is 0 Å². The molecule has 0 aromatic heterocycles. The number of ether oxygens (including phenoxy) is 2. The molecule has 0 saturated heterocycles. The van der Waals surface area contributed by atoms with E-state index in [1.54, 1.807) is 18.2 Å². The largest absolute Gasteiger partial charge is 0.486 e. The molecule has 2 N–H and O–H groups in total. The standard InChI is InChI=1S/C13H15NO5/c15-10(8-14-4-3-13(16)17)9-1-2-11-12(7-9)19-6-5-18-11/h1-2,7,14H,3-6,8H2,(H,16,17). The zero-order valence-electron chi connectivity index (χ0n) is 10.3. The van der Waals surface area contributed by atoms with E-state index in [2.05, 4.69) is 5.32 Å². The van der Waals surface area contributed by atoms with E-state index in [0.29, 0.717) is 30.3 Å². The summed E-state index contributed by atoms with van der Waals surface area (Å²) in [7, 11) is 0. The molecule has 1 aliphatic heterocycles. The lowest BCUT2D eigenvalue weighted by molar-refractivity contribution is -0.136. The zero-order valence-corrected chi connectivity index (χ0v) is 10.3. The van der Waals surface area contributed by atoms with Crippen LogP contribution >= 0.6 is 0 Å². The average molecular weight is 265 g/mol. The van der Waals surface area contributed by atoms with Crippen LogP contribution in [0, 0.1) is 0 Å². The summed E-state index contributed by atoms with van der Waals surface area (Å²) in [6.07, 6.45) is -0.00554. The smallest absolute Gasteiger partial charge is 0.304 e. The first-order valence-electron chi connectivity index (χ1n) is 6.02. The molecule has 0 aliphatic carbocycles. The lowest BCUT2D eigenvalue weighted by atomic mass is 10.1. The predicted octanol–water partition coefficient (Wildman–Crippen LogP) is 0.705. The van der Waals surface area contributed by atoms with Crippen LogP contribution in [-0.4, -0.2) is 43.2 Å². The van der Waals surface area contributed by atoms with Crippen molar-refractivity contribution in [1.29, 1.82) is 0 Å². The van der Waals surface area contributed by atoms with E-state index in [9.17, 15) is 9.59 Å². The molecule has 0 bridgehead atoms. The third-order valence-corrected chi connectivity index (χ3v) is 2.67. The fourth-order valence-corrected chi connectivity index (χ4v) is 1.72. The molecule has 19 heavy (non-hydrogen) atoms. The summed E-state index contributed by atoms with van der Waals surface area (Å²) >= 11 is 0. The Hall–Kier alpha value is -2.08. The molecule has 1 aromatic carbocycles. The Morgan fingerprint density at radius 3 is 2.68 bits per heavy atom. The number of benzene rings is 1. The maximum Gasteiger partial charge on any atom is 0.304 e. The predicted molar refractivity (Wildman–Crippen MR) is 66.9 cm³/mol. The van der Waals surface area contributed by atoms with Crippen LogP contribution in [0.2, 0.25) is 0 Å². The number of hydrogen-bond acceptors (Lipinski definition) is 5. The number of carboxylic acid groups (broad SMARTS) is 1. The van der Waals surface area contributed by atoms with Gasteiger partial charge in [0.25, 0.3) is 0 Å². The van der Waals surface area contributed by atoms with Gasteiger partial charge in [-0.15, -0.1) is 0 Å². The quantitative estimate of drug-likeness (QED) is 0.582. The highest BCUT2D eigenvalue weighted by atomic mass is 16.6. The number of fused-ring (bicyclic) bond motifs is 1. The normalized spacial score (nSPS) is 13.1. The molecule has 1 heterocycles. The van der Waals surface area contributed by atoms with Gasteiger partial charge in [0.15, 0.2) is 17.3 Å². The maximum absolute atomic E-state index is 11.9. The lowest BCUT2D eigenvalue weighted by Crippen LogP contribution is -2.25. The number of ketones is 1. The number of nitrogens with one attached hydrogen (secondary N) is 1. The molecule has 0 spiro atoms. The van der Waals surface area contributed by atoms with Crippen LogP contribution in [0.15, 0.2) is 18.2 Å². The topological polar surface area (TPSA) is 84.9 Å². The van der Waals surface area contributed by atoms with Crippen LogP contribution < -0.4 is 14.8 Å². The second kappa shape index (κ2) is 6.19. The summed E-state index contributed by atoms with van der Waals surface area (Å²) in [5.74, 6) is 0.214. The van der Waals surface area contributed by atoms with E-state index in [1.807, 2.05) is 0 Å². The number of hydrogen-bond donors (Lipinski definition) is 2. The molecule has 0 fully saturated rings. The van der Waals surface area contributed by atoms with Crippen LogP contribution in [0.4, 0.5) is 0 Å². The molecule has 0 atom stereocenters. The number of carbonyl (C=O) groups excluding carboxylic acids is 1. The van der Waals surface area contributed by atoms with Gasteiger partial charge in [0.2, 0.25) is 0 Å². The highest BCUT2D eigenvalue weighted by Gasteiger charge is 2.14. The molecule has 1 aromatic rings. The second-order valence-electron chi connectivity index (χ2n) is 4.10. The van der Waals surface area contributed by atoms with Crippen LogP contribution in [0.3, 0.4) is 0 Å². The van der Waals surface area contributed by atoms with Gasteiger partial charge < -0.3 is 19.9 Å². The summed E-state index contributed by atoms with van der Waals surface area (Å²) in [4.78, 5) is 22.2. The Kier molecular flexibility index (Phi) is 4.35. The molecular formula is C13H15NO5. The molecule has 6 nitrogen and oxygen atoms in total. The van der Waals surface area contributed by atoms with E-state index in [4.69, 9.17) is 14.6 Å². The summed E-state index contributed by atoms with van der Waals surface area (Å²) in [6.45, 7) is 1.36. The first-order valence-corrected chi connectivity index (χ1v) is 6.02. The lowest BCUT2D eigenvalue weighted by Gasteiger charge is -2.18. The van der Waals surface area contributed by atoms with Crippen molar-refractivity contribution in [2.75, 3.05) is 26.3 Å². The molecule has 2 rings (SSSR count). The minimum atomic E-state index is -0.890. The van der Waals surface area contributed by atoms with Gasteiger partial charge in [0, 0.05) is 12.1 Å². The van der Waals surface area contributed by atoms with Crippen molar-refractivity contribution in [3.8, 4) is 11.5 Å². The number of Topliss-reactive ketones (excluding diaryl/α,β-unsaturated/α-hetero) is 1. The number of rotatable bonds is 6. The van der Waals surface area contributed by atoms with Crippen molar-refractivity contribution >= 4 is 11.8 Å². The van der Waals surface area contributed by atoms with Gasteiger partial charge in [-0.25, -0.2) is 0 Å². The first-order chi connectivity index (χ1) is 9.16. The summed E-state index contributed by atoms with van der Waals surface area (Å²) < 4.78 is 10.8. The third kappa shape index (κ3) is 3.69. The number of carbonyl (C=O) groups is 2. The van der Waals surface area contributed by atoms with Gasteiger partial charge in [0.1, 0.15) is 13.2 Å². The van der Waals surface area contributed by atoms with Crippen molar-refractivity contribution < 1.29 is 24.2 Å². The van der Waals surface area contributed by atoms with E-state index in [1.165, 1.54) is 0 Å².